The summed E-state index contributed by atoms with van der Waals surface area (Å²) in [5.74, 6) is -0.128. The minimum Gasteiger partial charge on any atom is -0.323 e. The second-order valence-corrected chi connectivity index (χ2v) is 5.30. The zero-order valence-corrected chi connectivity index (χ0v) is 11.3. The Balaban J connectivity index is 2.28. The van der Waals surface area contributed by atoms with E-state index in [0.717, 1.165) is 17.3 Å². The Morgan fingerprint density at radius 3 is 2.94 bits per heavy atom. The van der Waals surface area contributed by atoms with Crippen LogP contribution in [0.3, 0.4) is 0 Å². The number of carbonyl (C=O) groups is 1. The molecule has 0 spiro atoms. The number of hydrogen-bond acceptors (Lipinski definition) is 2. The van der Waals surface area contributed by atoms with E-state index in [-0.39, 0.29) is 11.9 Å². The molecule has 1 atom stereocenters. The van der Waals surface area contributed by atoms with Gasteiger partial charge in [0, 0.05) is 21.6 Å². The van der Waals surface area contributed by atoms with Crippen LogP contribution in [0.5, 0.6) is 0 Å². The summed E-state index contributed by atoms with van der Waals surface area (Å²) in [5, 5.41) is 9.47. The highest BCUT2D eigenvalue weighted by Crippen LogP contribution is 2.24. The van der Waals surface area contributed by atoms with Crippen LogP contribution in [0, 0.1) is 11.3 Å². The Labute approximate surface area is 113 Å². The van der Waals surface area contributed by atoms with Crippen LogP contribution in [0.1, 0.15) is 23.2 Å². The minimum atomic E-state index is -0.305. The fraction of sp³-hybridized carbons (Fsp3) is 0.333. The molecule has 17 heavy (non-hydrogen) atoms. The fourth-order valence-corrected chi connectivity index (χ4v) is 2.85. The second-order valence-electron chi connectivity index (χ2n) is 3.94. The van der Waals surface area contributed by atoms with Crippen molar-refractivity contribution in [2.75, 3.05) is 6.54 Å². The molecule has 1 aromatic rings. The number of carbonyl (C=O) groups excluding carboxylic acids is 1. The molecule has 1 aromatic carbocycles. The van der Waals surface area contributed by atoms with E-state index < -0.39 is 0 Å². The lowest BCUT2D eigenvalue weighted by atomic mass is 10.2. The summed E-state index contributed by atoms with van der Waals surface area (Å²) in [4.78, 5) is 13.8. The van der Waals surface area contributed by atoms with Gasteiger partial charge < -0.3 is 4.90 Å². The van der Waals surface area contributed by atoms with Gasteiger partial charge in [-0.2, -0.15) is 5.26 Å². The summed E-state index contributed by atoms with van der Waals surface area (Å²) in [6.45, 7) is 0.640. The van der Waals surface area contributed by atoms with E-state index in [1.807, 2.05) is 0 Å². The van der Waals surface area contributed by atoms with Crippen molar-refractivity contribution < 1.29 is 4.79 Å². The second kappa shape index (κ2) is 5.07. The van der Waals surface area contributed by atoms with Crippen LogP contribution < -0.4 is 0 Å². The number of amides is 1. The highest BCUT2D eigenvalue weighted by molar-refractivity contribution is 9.10. The molecule has 1 aliphatic heterocycles. The lowest BCUT2D eigenvalue weighted by Crippen LogP contribution is -2.34. The van der Waals surface area contributed by atoms with Gasteiger partial charge in [0.15, 0.2) is 0 Å². The third kappa shape index (κ3) is 2.62. The Bertz CT molecular complexity index is 478. The summed E-state index contributed by atoms with van der Waals surface area (Å²) in [7, 11) is 0. The monoisotopic (exact) mass is 312 g/mol. The maximum absolute atomic E-state index is 12.2. The molecule has 5 heteroatoms. The van der Waals surface area contributed by atoms with Crippen molar-refractivity contribution in [3.63, 3.8) is 0 Å². The normalized spacial score (nSPS) is 19.1. The first kappa shape index (κ1) is 12.4. The summed E-state index contributed by atoms with van der Waals surface area (Å²) < 4.78 is 0.765. The Hall–Kier alpha value is -1.05. The van der Waals surface area contributed by atoms with Crippen molar-refractivity contribution in [1.29, 1.82) is 5.26 Å². The molecule has 0 aromatic heterocycles. The molecule has 0 aliphatic carbocycles. The highest BCUT2D eigenvalue weighted by atomic mass is 79.9. The predicted molar refractivity (Wildman–Crippen MR) is 68.8 cm³/mol. The maximum atomic E-state index is 12.2. The van der Waals surface area contributed by atoms with E-state index in [2.05, 4.69) is 22.0 Å². The van der Waals surface area contributed by atoms with E-state index in [1.54, 1.807) is 23.1 Å². The molecule has 1 saturated heterocycles. The van der Waals surface area contributed by atoms with Crippen molar-refractivity contribution >= 4 is 33.4 Å². The molecule has 3 nitrogen and oxygen atoms in total. The van der Waals surface area contributed by atoms with E-state index in [0.29, 0.717) is 17.1 Å². The zero-order valence-electron chi connectivity index (χ0n) is 8.99. The van der Waals surface area contributed by atoms with Crippen LogP contribution >= 0.6 is 27.5 Å². The van der Waals surface area contributed by atoms with Crippen molar-refractivity contribution in [1.82, 2.24) is 4.90 Å². The number of benzene rings is 1. The summed E-state index contributed by atoms with van der Waals surface area (Å²) in [5.41, 5.74) is 0.520. The maximum Gasteiger partial charge on any atom is 0.255 e. The number of nitrogens with zero attached hydrogens (tertiary/aromatic N) is 2. The number of hydrogen-bond donors (Lipinski definition) is 0. The van der Waals surface area contributed by atoms with Gasteiger partial charge in [-0.3, -0.25) is 4.79 Å². The SMILES string of the molecule is N#CC1CCCN1C(=O)c1cc(Cl)cc(Br)c1. The first-order valence-corrected chi connectivity index (χ1v) is 6.45. The van der Waals surface area contributed by atoms with E-state index >= 15 is 0 Å². The molecule has 1 unspecified atom stereocenters. The summed E-state index contributed by atoms with van der Waals surface area (Å²) in [6.07, 6.45) is 1.63. The molecule has 0 bridgehead atoms. The lowest BCUT2D eigenvalue weighted by Gasteiger charge is -2.19. The van der Waals surface area contributed by atoms with Gasteiger partial charge in [-0.15, -0.1) is 0 Å². The topological polar surface area (TPSA) is 44.1 Å². The highest BCUT2D eigenvalue weighted by Gasteiger charge is 2.29. The molecular formula is C12H10BrClN2O. The first-order chi connectivity index (χ1) is 8.11. The standard InChI is InChI=1S/C12H10BrClN2O/c13-9-4-8(5-10(14)6-9)12(17)16-3-1-2-11(16)7-15/h4-6,11H,1-3H2. The molecule has 0 N–H and O–H groups in total. The zero-order chi connectivity index (χ0) is 12.4. The molecule has 0 saturated carbocycles. The van der Waals surface area contributed by atoms with Crippen molar-refractivity contribution in [3.05, 3.63) is 33.3 Å². The number of halogens is 2. The molecule has 2 rings (SSSR count). The Kier molecular flexibility index (Phi) is 3.70. The van der Waals surface area contributed by atoms with Gasteiger partial charge in [-0.25, -0.2) is 0 Å². The molecule has 1 amide bonds. The average Bonchev–Trinajstić information content (AvgIpc) is 2.74. The van der Waals surface area contributed by atoms with Crippen LogP contribution in [-0.2, 0) is 0 Å². The van der Waals surface area contributed by atoms with E-state index in [9.17, 15) is 4.79 Å². The number of nitriles is 1. The first-order valence-electron chi connectivity index (χ1n) is 5.28. The third-order valence-electron chi connectivity index (χ3n) is 2.77. The fourth-order valence-electron chi connectivity index (χ4n) is 1.99. The third-order valence-corrected chi connectivity index (χ3v) is 3.45. The average molecular weight is 314 g/mol. The van der Waals surface area contributed by atoms with Gasteiger partial charge in [0.1, 0.15) is 6.04 Å². The van der Waals surface area contributed by atoms with Gasteiger partial charge in [0.2, 0.25) is 0 Å². The molecule has 1 heterocycles. The minimum absolute atomic E-state index is 0.128. The van der Waals surface area contributed by atoms with Crippen molar-refractivity contribution in [3.8, 4) is 6.07 Å². The quantitative estimate of drug-likeness (QED) is 0.799. The van der Waals surface area contributed by atoms with E-state index in [4.69, 9.17) is 16.9 Å². The summed E-state index contributed by atoms with van der Waals surface area (Å²) >= 11 is 9.21. The Morgan fingerprint density at radius 1 is 1.53 bits per heavy atom. The molecule has 88 valence electrons. The summed E-state index contributed by atoms with van der Waals surface area (Å²) in [6, 6.07) is 6.92. The predicted octanol–water partition coefficient (Wildman–Crippen LogP) is 3.23. The number of rotatable bonds is 1. The van der Waals surface area contributed by atoms with Gasteiger partial charge in [-0.05, 0) is 31.0 Å². The smallest absolute Gasteiger partial charge is 0.255 e. The molecule has 0 radical (unpaired) electrons. The molecule has 1 aliphatic rings. The molecular weight excluding hydrogens is 304 g/mol. The van der Waals surface area contributed by atoms with Crippen LogP contribution in [-0.4, -0.2) is 23.4 Å². The van der Waals surface area contributed by atoms with Crippen molar-refractivity contribution in [2.45, 2.75) is 18.9 Å². The van der Waals surface area contributed by atoms with Gasteiger partial charge in [0.05, 0.1) is 6.07 Å². The lowest BCUT2D eigenvalue weighted by molar-refractivity contribution is 0.0765. The van der Waals surface area contributed by atoms with E-state index in [1.165, 1.54) is 0 Å². The number of likely N-dealkylation sites (tertiary alicyclic amines) is 1. The van der Waals surface area contributed by atoms with Crippen LogP contribution in [0.4, 0.5) is 0 Å². The van der Waals surface area contributed by atoms with Crippen molar-refractivity contribution in [2.24, 2.45) is 0 Å². The van der Waals surface area contributed by atoms with Gasteiger partial charge >= 0.3 is 0 Å². The van der Waals surface area contributed by atoms with Crippen LogP contribution in [0.2, 0.25) is 5.02 Å². The van der Waals surface area contributed by atoms with Crippen LogP contribution in [0.15, 0.2) is 22.7 Å². The van der Waals surface area contributed by atoms with Crippen LogP contribution in [0.25, 0.3) is 0 Å². The van der Waals surface area contributed by atoms with Gasteiger partial charge in [-0.1, -0.05) is 27.5 Å². The largest absolute Gasteiger partial charge is 0.323 e. The van der Waals surface area contributed by atoms with Gasteiger partial charge in [0.25, 0.3) is 5.91 Å². The molecule has 1 fully saturated rings. The Morgan fingerprint density at radius 2 is 2.29 bits per heavy atom.